The molecule has 0 fully saturated rings. The van der Waals surface area contributed by atoms with Crippen molar-refractivity contribution in [3.8, 4) is 11.1 Å². The Bertz CT molecular complexity index is 985. The number of hydrazine groups is 1. The van der Waals surface area contributed by atoms with E-state index in [-0.39, 0.29) is 12.4 Å². The van der Waals surface area contributed by atoms with E-state index in [1.165, 1.54) is 29.4 Å². The van der Waals surface area contributed by atoms with E-state index in [0.717, 1.165) is 16.7 Å². The molecule has 144 valence electrons. The highest BCUT2D eigenvalue weighted by molar-refractivity contribution is 7.12. The van der Waals surface area contributed by atoms with Crippen molar-refractivity contribution in [3.05, 3.63) is 81.8 Å². The van der Waals surface area contributed by atoms with Crippen molar-refractivity contribution in [2.24, 2.45) is 0 Å². The van der Waals surface area contributed by atoms with Crippen LogP contribution >= 0.6 is 11.3 Å². The molecule has 5 nitrogen and oxygen atoms in total. The lowest BCUT2D eigenvalue weighted by Crippen LogP contribution is -2.47. The fourth-order valence-corrected chi connectivity index (χ4v) is 3.47. The molecule has 0 atom stereocenters. The molecular formula is C21H20FN3O2S. The third-order valence-electron chi connectivity index (χ3n) is 4.23. The summed E-state index contributed by atoms with van der Waals surface area (Å²) in [5.41, 5.74) is 8.06. The fourth-order valence-electron chi connectivity index (χ4n) is 2.66. The van der Waals surface area contributed by atoms with Gasteiger partial charge in [0.25, 0.3) is 5.91 Å². The first kappa shape index (κ1) is 19.6. The van der Waals surface area contributed by atoms with Gasteiger partial charge in [0.15, 0.2) is 0 Å². The zero-order chi connectivity index (χ0) is 20.1. The SMILES string of the molecule is Cc1ccc(-c2ccsc2C(=O)NNC(=O)N(C)Cc2ccccc2F)cc1. The maximum Gasteiger partial charge on any atom is 0.336 e. The molecule has 0 saturated carbocycles. The number of carbonyl (C=O) groups excluding carboxylic acids is 2. The molecule has 0 aliphatic heterocycles. The predicted molar refractivity (Wildman–Crippen MR) is 108 cm³/mol. The van der Waals surface area contributed by atoms with E-state index in [2.05, 4.69) is 10.9 Å². The molecule has 2 N–H and O–H groups in total. The van der Waals surface area contributed by atoms with Crippen LogP contribution < -0.4 is 10.9 Å². The molecular weight excluding hydrogens is 377 g/mol. The van der Waals surface area contributed by atoms with Gasteiger partial charge in [-0.1, -0.05) is 48.0 Å². The van der Waals surface area contributed by atoms with Crippen molar-refractivity contribution in [1.82, 2.24) is 15.8 Å². The summed E-state index contributed by atoms with van der Waals surface area (Å²) in [7, 11) is 1.52. The Morgan fingerprint density at radius 3 is 2.46 bits per heavy atom. The van der Waals surface area contributed by atoms with E-state index >= 15 is 0 Å². The second-order valence-corrected chi connectivity index (χ2v) is 7.28. The van der Waals surface area contributed by atoms with Crippen LogP contribution in [0.25, 0.3) is 11.1 Å². The smallest absolute Gasteiger partial charge is 0.322 e. The molecule has 0 spiro atoms. The van der Waals surface area contributed by atoms with Crippen LogP contribution in [0, 0.1) is 12.7 Å². The zero-order valence-electron chi connectivity index (χ0n) is 15.5. The summed E-state index contributed by atoms with van der Waals surface area (Å²) in [5, 5.41) is 1.83. The van der Waals surface area contributed by atoms with Gasteiger partial charge in [0.2, 0.25) is 0 Å². The highest BCUT2D eigenvalue weighted by Crippen LogP contribution is 2.28. The minimum Gasteiger partial charge on any atom is -0.322 e. The number of halogens is 1. The van der Waals surface area contributed by atoms with Gasteiger partial charge in [0.05, 0.1) is 6.54 Å². The number of nitrogens with one attached hydrogen (secondary N) is 2. The standard InChI is InChI=1S/C21H20FN3O2S/c1-14-7-9-15(10-8-14)17-11-12-28-19(17)20(26)23-24-21(27)25(2)13-16-5-3-4-6-18(16)22/h3-12H,13H2,1-2H3,(H,23,26)(H,24,27). The lowest BCUT2D eigenvalue weighted by Gasteiger charge is -2.18. The number of hydrogen-bond donors (Lipinski definition) is 2. The Labute approximate surface area is 166 Å². The second-order valence-electron chi connectivity index (χ2n) is 6.36. The number of hydrogen-bond acceptors (Lipinski definition) is 3. The molecule has 0 aliphatic carbocycles. The molecule has 3 amide bonds. The first-order valence-electron chi connectivity index (χ1n) is 8.65. The summed E-state index contributed by atoms with van der Waals surface area (Å²) in [6, 6.07) is 15.4. The van der Waals surface area contributed by atoms with Crippen molar-refractivity contribution in [1.29, 1.82) is 0 Å². The molecule has 3 aromatic rings. The number of amides is 3. The summed E-state index contributed by atoms with van der Waals surface area (Å²) < 4.78 is 13.7. The van der Waals surface area contributed by atoms with E-state index in [9.17, 15) is 14.0 Å². The average molecular weight is 397 g/mol. The van der Waals surface area contributed by atoms with Gasteiger partial charge in [0, 0.05) is 18.2 Å². The number of aryl methyl sites for hydroxylation is 1. The quantitative estimate of drug-likeness (QED) is 0.643. The van der Waals surface area contributed by atoms with Gasteiger partial charge in [0.1, 0.15) is 10.7 Å². The minimum absolute atomic E-state index is 0.0853. The monoisotopic (exact) mass is 397 g/mol. The number of thiophene rings is 1. The molecule has 0 bridgehead atoms. The van der Waals surface area contributed by atoms with Crippen LogP contribution in [-0.4, -0.2) is 23.9 Å². The lowest BCUT2D eigenvalue weighted by molar-refractivity contribution is 0.0935. The molecule has 28 heavy (non-hydrogen) atoms. The molecule has 3 rings (SSSR count). The summed E-state index contributed by atoms with van der Waals surface area (Å²) in [5.74, 6) is -0.786. The summed E-state index contributed by atoms with van der Waals surface area (Å²) in [6.07, 6.45) is 0. The van der Waals surface area contributed by atoms with Crippen molar-refractivity contribution in [2.45, 2.75) is 13.5 Å². The van der Waals surface area contributed by atoms with Crippen LogP contribution in [0.2, 0.25) is 0 Å². The third kappa shape index (κ3) is 4.55. The van der Waals surface area contributed by atoms with Gasteiger partial charge in [-0.05, 0) is 30.0 Å². The van der Waals surface area contributed by atoms with E-state index in [4.69, 9.17) is 0 Å². The molecule has 0 aliphatic rings. The summed E-state index contributed by atoms with van der Waals surface area (Å²) >= 11 is 1.29. The largest absolute Gasteiger partial charge is 0.336 e. The van der Waals surface area contributed by atoms with E-state index in [1.807, 2.05) is 42.6 Å². The van der Waals surface area contributed by atoms with Crippen LogP contribution in [0.4, 0.5) is 9.18 Å². The van der Waals surface area contributed by atoms with Gasteiger partial charge in [-0.3, -0.25) is 10.2 Å². The Hall–Kier alpha value is -3.19. The van der Waals surface area contributed by atoms with Crippen molar-refractivity contribution < 1.29 is 14.0 Å². The van der Waals surface area contributed by atoms with Gasteiger partial charge < -0.3 is 4.90 Å². The summed E-state index contributed by atoms with van der Waals surface area (Å²) in [4.78, 5) is 26.5. The normalized spacial score (nSPS) is 10.4. The Kier molecular flexibility index (Phi) is 6.06. The number of urea groups is 1. The number of carbonyl (C=O) groups is 2. The van der Waals surface area contributed by atoms with Crippen LogP contribution in [0.15, 0.2) is 60.0 Å². The minimum atomic E-state index is -0.537. The van der Waals surface area contributed by atoms with Crippen LogP contribution in [-0.2, 0) is 6.54 Å². The Morgan fingerprint density at radius 2 is 1.75 bits per heavy atom. The topological polar surface area (TPSA) is 61.4 Å². The van der Waals surface area contributed by atoms with Gasteiger partial charge in [-0.15, -0.1) is 11.3 Å². The van der Waals surface area contributed by atoms with Gasteiger partial charge in [-0.25, -0.2) is 14.6 Å². The molecule has 0 unspecified atom stereocenters. The molecule has 0 radical (unpaired) electrons. The highest BCUT2D eigenvalue weighted by atomic mass is 32.1. The van der Waals surface area contributed by atoms with Crippen LogP contribution in [0.5, 0.6) is 0 Å². The van der Waals surface area contributed by atoms with E-state index in [1.54, 1.807) is 18.2 Å². The maximum atomic E-state index is 13.7. The first-order chi connectivity index (χ1) is 13.5. The molecule has 7 heteroatoms. The first-order valence-corrected chi connectivity index (χ1v) is 9.53. The van der Waals surface area contributed by atoms with Crippen molar-refractivity contribution in [3.63, 3.8) is 0 Å². The van der Waals surface area contributed by atoms with Crippen LogP contribution in [0.1, 0.15) is 20.8 Å². The van der Waals surface area contributed by atoms with Gasteiger partial charge in [-0.2, -0.15) is 0 Å². The predicted octanol–water partition coefficient (Wildman–Crippen LogP) is 4.35. The molecule has 1 aromatic heterocycles. The molecule has 1 heterocycles. The second kappa shape index (κ2) is 8.67. The maximum absolute atomic E-state index is 13.7. The highest BCUT2D eigenvalue weighted by Gasteiger charge is 2.17. The molecule has 0 saturated heterocycles. The van der Waals surface area contributed by atoms with Crippen molar-refractivity contribution in [2.75, 3.05) is 7.05 Å². The number of benzene rings is 2. The van der Waals surface area contributed by atoms with E-state index in [0.29, 0.717) is 10.4 Å². The average Bonchev–Trinajstić information content (AvgIpc) is 3.18. The Morgan fingerprint density at radius 1 is 1.04 bits per heavy atom. The number of rotatable bonds is 4. The van der Waals surface area contributed by atoms with Gasteiger partial charge >= 0.3 is 6.03 Å². The Balaban J connectivity index is 1.61. The molecule has 2 aromatic carbocycles. The van der Waals surface area contributed by atoms with E-state index < -0.39 is 11.9 Å². The fraction of sp³-hybridized carbons (Fsp3) is 0.143. The van der Waals surface area contributed by atoms with Crippen molar-refractivity contribution >= 4 is 23.3 Å². The van der Waals surface area contributed by atoms with Crippen LogP contribution in [0.3, 0.4) is 0 Å². The lowest BCUT2D eigenvalue weighted by atomic mass is 10.1. The number of nitrogens with zero attached hydrogens (tertiary/aromatic N) is 1. The summed E-state index contributed by atoms with van der Waals surface area (Å²) in [6.45, 7) is 2.08. The zero-order valence-corrected chi connectivity index (χ0v) is 16.3. The third-order valence-corrected chi connectivity index (χ3v) is 5.14.